The van der Waals surface area contributed by atoms with Crippen molar-refractivity contribution in [3.8, 4) is 0 Å². The van der Waals surface area contributed by atoms with Crippen LogP contribution in [0, 0.1) is 0 Å². The lowest BCUT2D eigenvalue weighted by Crippen LogP contribution is -2.11. The third kappa shape index (κ3) is 2.63. The molecule has 3 aromatic rings. The number of benzene rings is 2. The van der Waals surface area contributed by atoms with Gasteiger partial charge in [0, 0.05) is 34.9 Å². The molecule has 4 rings (SSSR count). The van der Waals surface area contributed by atoms with Crippen LogP contribution >= 0.6 is 11.8 Å². The highest BCUT2D eigenvalue weighted by atomic mass is 32.2. The van der Waals surface area contributed by atoms with Gasteiger partial charge in [-0.15, -0.1) is 11.8 Å². The Morgan fingerprint density at radius 1 is 1.28 bits per heavy atom. The van der Waals surface area contributed by atoms with Gasteiger partial charge in [-0.05, 0) is 36.4 Å². The number of rotatable bonds is 3. The van der Waals surface area contributed by atoms with E-state index in [2.05, 4.69) is 24.5 Å². The summed E-state index contributed by atoms with van der Waals surface area (Å²) in [5, 5.41) is 2.19. The molecule has 5 heteroatoms. The van der Waals surface area contributed by atoms with Gasteiger partial charge in [-0.2, -0.15) is 0 Å². The lowest BCUT2D eigenvalue weighted by molar-refractivity contribution is -0.141. The van der Waals surface area contributed by atoms with E-state index in [1.807, 2.05) is 22.8 Å². The molecule has 0 radical (unpaired) electrons. The number of hydrogen-bond acceptors (Lipinski definition) is 4. The van der Waals surface area contributed by atoms with E-state index < -0.39 is 0 Å². The molecule has 0 saturated carbocycles. The summed E-state index contributed by atoms with van der Waals surface area (Å²) >= 11 is 1.69. The largest absolute Gasteiger partial charge is 0.465 e. The van der Waals surface area contributed by atoms with Crippen molar-refractivity contribution in [3.63, 3.8) is 0 Å². The van der Waals surface area contributed by atoms with Gasteiger partial charge in [0.25, 0.3) is 0 Å². The molecule has 0 saturated heterocycles. The molecule has 2 aromatic carbocycles. The fraction of sp³-hybridized carbons (Fsp3) is 0.300. The summed E-state index contributed by atoms with van der Waals surface area (Å²) in [6, 6.07) is 12.3. The van der Waals surface area contributed by atoms with E-state index >= 15 is 0 Å². The van der Waals surface area contributed by atoms with E-state index in [0.717, 1.165) is 32.3 Å². The van der Waals surface area contributed by atoms with Gasteiger partial charge in [0.05, 0.1) is 17.6 Å². The minimum absolute atomic E-state index is 0.0352. The van der Waals surface area contributed by atoms with Crippen LogP contribution in [0.2, 0.25) is 0 Å². The first-order valence-corrected chi connectivity index (χ1v) is 9.60. The van der Waals surface area contributed by atoms with E-state index in [0.29, 0.717) is 19.4 Å². The highest BCUT2D eigenvalue weighted by molar-refractivity contribution is 7.98. The molecule has 2 heterocycles. The fourth-order valence-electron chi connectivity index (χ4n) is 3.75. The van der Waals surface area contributed by atoms with Crippen molar-refractivity contribution in [2.45, 2.75) is 30.6 Å². The summed E-state index contributed by atoms with van der Waals surface area (Å²) in [7, 11) is 0. The third-order valence-corrected chi connectivity index (χ3v) is 5.60. The molecule has 0 bridgehead atoms. The summed E-state index contributed by atoms with van der Waals surface area (Å²) in [6.07, 6.45) is 3.19. The fourth-order valence-corrected chi connectivity index (χ4v) is 4.23. The average molecular weight is 353 g/mol. The topological polar surface area (TPSA) is 48.3 Å². The maximum Gasteiger partial charge on any atom is 0.302 e. The zero-order valence-electron chi connectivity index (χ0n) is 14.2. The number of fused-ring (bicyclic) bond motifs is 3. The van der Waals surface area contributed by atoms with Crippen LogP contribution in [0.5, 0.6) is 0 Å². The quantitative estimate of drug-likeness (QED) is 0.510. The van der Waals surface area contributed by atoms with Crippen LogP contribution in [0.1, 0.15) is 36.0 Å². The molecule has 0 amide bonds. The minimum atomic E-state index is -0.284. The molecule has 1 atom stereocenters. The van der Waals surface area contributed by atoms with Crippen molar-refractivity contribution in [1.82, 2.24) is 4.57 Å². The Hall–Kier alpha value is -2.27. The van der Waals surface area contributed by atoms with Gasteiger partial charge in [-0.1, -0.05) is 18.2 Å². The summed E-state index contributed by atoms with van der Waals surface area (Å²) in [6.45, 7) is 1.74. The molecular weight excluding hydrogens is 334 g/mol. The Morgan fingerprint density at radius 2 is 2.08 bits per heavy atom. The van der Waals surface area contributed by atoms with Crippen molar-refractivity contribution in [3.05, 3.63) is 42.0 Å². The summed E-state index contributed by atoms with van der Waals surface area (Å²) < 4.78 is 7.16. The normalized spacial score (nSPS) is 17.0. The van der Waals surface area contributed by atoms with Gasteiger partial charge < -0.3 is 4.74 Å². The van der Waals surface area contributed by atoms with E-state index in [4.69, 9.17) is 4.74 Å². The zero-order valence-corrected chi connectivity index (χ0v) is 15.1. The van der Waals surface area contributed by atoms with E-state index in [-0.39, 0.29) is 17.8 Å². The van der Waals surface area contributed by atoms with Crippen LogP contribution in [0.3, 0.4) is 0 Å². The van der Waals surface area contributed by atoms with Gasteiger partial charge >= 0.3 is 5.97 Å². The first kappa shape index (κ1) is 16.2. The number of hydrogen-bond donors (Lipinski definition) is 0. The van der Waals surface area contributed by atoms with Crippen molar-refractivity contribution < 1.29 is 14.3 Å². The second-order valence-corrected chi connectivity index (χ2v) is 7.28. The number of thioether (sulfide) groups is 1. The molecule has 1 aliphatic rings. The third-order valence-electron chi connectivity index (χ3n) is 4.89. The Kier molecular flexibility index (Phi) is 4.04. The molecule has 0 spiro atoms. The van der Waals surface area contributed by atoms with Crippen molar-refractivity contribution in [1.29, 1.82) is 0 Å². The Labute approximate surface area is 150 Å². The second kappa shape index (κ2) is 6.23. The molecule has 4 nitrogen and oxygen atoms in total. The number of aromatic nitrogens is 1. The number of para-hydroxylation sites is 1. The molecular formula is C20H19NO3S. The first-order chi connectivity index (χ1) is 12.1. The van der Waals surface area contributed by atoms with Gasteiger partial charge in [-0.25, -0.2) is 0 Å². The predicted octanol–water partition coefficient (Wildman–Crippen LogP) is 4.60. The van der Waals surface area contributed by atoms with E-state index in [1.54, 1.807) is 11.8 Å². The second-order valence-electron chi connectivity index (χ2n) is 6.40. The van der Waals surface area contributed by atoms with Crippen LogP contribution in [0.4, 0.5) is 0 Å². The monoisotopic (exact) mass is 353 g/mol. The SMILES string of the molecule is CSc1cc2c3c(c1)c1ccccc1n3C(=O)CCC2COC(C)=O. The standard InChI is InChI=1S/C20H19NO3S/c1-12(22)24-11-13-7-8-19(23)21-18-6-4-3-5-15(18)17-10-14(25-2)9-16(13)20(17)21/h3-6,9-10,13H,7-8,11H2,1-2H3. The Morgan fingerprint density at radius 3 is 2.84 bits per heavy atom. The van der Waals surface area contributed by atoms with Crippen LogP contribution in [-0.4, -0.2) is 29.3 Å². The number of ether oxygens (including phenoxy) is 1. The van der Waals surface area contributed by atoms with E-state index in [1.165, 1.54) is 6.92 Å². The maximum absolute atomic E-state index is 12.9. The van der Waals surface area contributed by atoms with Crippen molar-refractivity contribution in [2.75, 3.05) is 12.9 Å². The summed E-state index contributed by atoms with van der Waals surface area (Å²) in [5.74, 6) is -0.143. The van der Waals surface area contributed by atoms with Gasteiger partial charge in [0.1, 0.15) is 0 Å². The summed E-state index contributed by atoms with van der Waals surface area (Å²) in [5.41, 5.74) is 3.03. The first-order valence-electron chi connectivity index (χ1n) is 8.38. The maximum atomic E-state index is 12.9. The lowest BCUT2D eigenvalue weighted by atomic mass is 9.94. The average Bonchev–Trinajstić information content (AvgIpc) is 2.87. The molecule has 1 aromatic heterocycles. The highest BCUT2D eigenvalue weighted by Gasteiger charge is 2.28. The number of carbonyl (C=O) groups is 2. The smallest absolute Gasteiger partial charge is 0.302 e. The molecule has 0 aliphatic carbocycles. The summed E-state index contributed by atoms with van der Waals surface area (Å²) in [4.78, 5) is 25.3. The lowest BCUT2D eigenvalue weighted by Gasteiger charge is -2.16. The predicted molar refractivity (Wildman–Crippen MR) is 100 cm³/mol. The van der Waals surface area contributed by atoms with Crippen LogP contribution in [0.25, 0.3) is 21.8 Å². The van der Waals surface area contributed by atoms with Crippen LogP contribution in [0.15, 0.2) is 41.3 Å². The van der Waals surface area contributed by atoms with Gasteiger partial charge in [0.15, 0.2) is 0 Å². The molecule has 1 aliphatic heterocycles. The molecule has 0 fully saturated rings. The van der Waals surface area contributed by atoms with E-state index in [9.17, 15) is 9.59 Å². The Balaban J connectivity index is 2.04. The Bertz CT molecular complexity index is 1010. The molecule has 25 heavy (non-hydrogen) atoms. The van der Waals surface area contributed by atoms with Crippen LogP contribution < -0.4 is 0 Å². The van der Waals surface area contributed by atoms with Crippen molar-refractivity contribution in [2.24, 2.45) is 0 Å². The van der Waals surface area contributed by atoms with Gasteiger partial charge in [-0.3, -0.25) is 14.2 Å². The zero-order chi connectivity index (χ0) is 17.6. The van der Waals surface area contributed by atoms with Crippen LogP contribution in [-0.2, 0) is 9.53 Å². The minimum Gasteiger partial charge on any atom is -0.465 e. The number of nitrogens with zero attached hydrogens (tertiary/aromatic N) is 1. The number of carbonyl (C=O) groups excluding carboxylic acids is 2. The van der Waals surface area contributed by atoms with Gasteiger partial charge in [0.2, 0.25) is 5.91 Å². The highest BCUT2D eigenvalue weighted by Crippen LogP contribution is 2.40. The number of esters is 1. The molecule has 1 unspecified atom stereocenters. The molecule has 0 N–H and O–H groups in total. The molecule has 128 valence electrons. The van der Waals surface area contributed by atoms with Crippen molar-refractivity contribution >= 4 is 45.4 Å².